The van der Waals surface area contributed by atoms with Crippen LogP contribution in [0.1, 0.15) is 36.5 Å². The summed E-state index contributed by atoms with van der Waals surface area (Å²) in [6.07, 6.45) is 1.45. The second-order valence-corrected chi connectivity index (χ2v) is 6.43. The maximum absolute atomic E-state index is 12.2. The van der Waals surface area contributed by atoms with Crippen LogP contribution in [0, 0.1) is 11.3 Å². The van der Waals surface area contributed by atoms with Gasteiger partial charge in [0.15, 0.2) is 0 Å². The predicted octanol–water partition coefficient (Wildman–Crippen LogP) is 3.58. The number of nitrogens with zero attached hydrogens (tertiary/aromatic N) is 3. The van der Waals surface area contributed by atoms with Crippen LogP contribution in [0.4, 0.5) is 5.95 Å². The number of aromatic amines is 1. The first-order valence-electron chi connectivity index (χ1n) is 8.72. The minimum Gasteiger partial charge on any atom is -0.507 e. The third-order valence-corrected chi connectivity index (χ3v) is 4.17. The van der Waals surface area contributed by atoms with Gasteiger partial charge in [0, 0.05) is 11.1 Å². The Hall–Kier alpha value is -3.92. The van der Waals surface area contributed by atoms with Crippen LogP contribution in [-0.4, -0.2) is 21.3 Å². The highest BCUT2D eigenvalue weighted by atomic mass is 16.3. The van der Waals surface area contributed by atoms with Crippen molar-refractivity contribution in [2.24, 2.45) is 5.10 Å². The number of rotatable bonds is 5. The lowest BCUT2D eigenvalue weighted by atomic mass is 9.99. The van der Waals surface area contributed by atoms with E-state index >= 15 is 0 Å². The van der Waals surface area contributed by atoms with Crippen LogP contribution in [0.2, 0.25) is 0 Å². The summed E-state index contributed by atoms with van der Waals surface area (Å²) in [4.78, 5) is 19.0. The minimum absolute atomic E-state index is 0.0667. The fourth-order valence-corrected chi connectivity index (χ4v) is 2.75. The number of nitriles is 1. The molecule has 0 aliphatic heterocycles. The summed E-state index contributed by atoms with van der Waals surface area (Å²) in [5, 5.41) is 23.7. The van der Waals surface area contributed by atoms with E-state index in [0.717, 1.165) is 5.56 Å². The third-order valence-electron chi connectivity index (χ3n) is 4.17. The summed E-state index contributed by atoms with van der Waals surface area (Å²) < 4.78 is 0. The second-order valence-electron chi connectivity index (χ2n) is 6.43. The lowest BCUT2D eigenvalue weighted by Gasteiger charge is -2.10. The summed E-state index contributed by atoms with van der Waals surface area (Å²) in [5.41, 5.74) is 4.31. The highest BCUT2D eigenvalue weighted by Crippen LogP contribution is 2.27. The van der Waals surface area contributed by atoms with Crippen LogP contribution in [0.15, 0.2) is 58.4 Å². The highest BCUT2D eigenvalue weighted by molar-refractivity contribution is 5.84. The second kappa shape index (κ2) is 8.18. The molecule has 7 heteroatoms. The molecule has 2 aromatic carbocycles. The lowest BCUT2D eigenvalue weighted by molar-refractivity contribution is 0.464. The Morgan fingerprint density at radius 2 is 1.96 bits per heavy atom. The van der Waals surface area contributed by atoms with Crippen LogP contribution >= 0.6 is 0 Å². The van der Waals surface area contributed by atoms with E-state index in [2.05, 4.69) is 20.5 Å². The predicted molar refractivity (Wildman–Crippen MR) is 108 cm³/mol. The fraction of sp³-hybridized carbons (Fsp3) is 0.143. The largest absolute Gasteiger partial charge is 0.507 e. The van der Waals surface area contributed by atoms with Gasteiger partial charge in [0.25, 0.3) is 5.56 Å². The molecule has 3 rings (SSSR count). The van der Waals surface area contributed by atoms with Crippen molar-refractivity contribution >= 4 is 12.2 Å². The first kappa shape index (κ1) is 18.9. The van der Waals surface area contributed by atoms with E-state index in [4.69, 9.17) is 0 Å². The van der Waals surface area contributed by atoms with Crippen molar-refractivity contribution in [1.29, 1.82) is 5.26 Å². The van der Waals surface area contributed by atoms with Gasteiger partial charge in [0.2, 0.25) is 5.95 Å². The maximum Gasteiger partial charge on any atom is 0.270 e. The fourth-order valence-electron chi connectivity index (χ4n) is 2.75. The number of phenolic OH excluding ortho intramolecular Hbond substituents is 1. The molecule has 0 amide bonds. The number of hydrazone groups is 1. The number of aromatic hydroxyl groups is 1. The molecule has 0 unspecified atom stereocenters. The van der Waals surface area contributed by atoms with Crippen LogP contribution in [-0.2, 0) is 0 Å². The van der Waals surface area contributed by atoms with Gasteiger partial charge in [-0.1, -0.05) is 56.3 Å². The minimum atomic E-state index is -0.557. The Kier molecular flexibility index (Phi) is 5.51. The Bertz CT molecular complexity index is 1110. The number of nitrogens with one attached hydrogen (secondary N) is 2. The zero-order chi connectivity index (χ0) is 20.1. The molecule has 3 N–H and O–H groups in total. The van der Waals surface area contributed by atoms with E-state index in [-0.39, 0.29) is 28.9 Å². The number of phenols is 1. The van der Waals surface area contributed by atoms with Gasteiger partial charge < -0.3 is 5.11 Å². The molecule has 0 atom stereocenters. The smallest absolute Gasteiger partial charge is 0.270 e. The molecule has 3 aromatic rings. The number of aromatic nitrogens is 2. The normalized spacial score (nSPS) is 10.9. The van der Waals surface area contributed by atoms with Crippen molar-refractivity contribution in [3.63, 3.8) is 0 Å². The first-order chi connectivity index (χ1) is 13.5. The standard InChI is InChI=1S/C21H19N5O2/c1-13(2)16-10-6-9-15(19(16)27)12-23-26-21-24-18(14-7-4-3-5-8-14)17(11-22)20(28)25-21/h3-10,12-13,27H,1-2H3,(H2,24,25,26,28). The van der Waals surface area contributed by atoms with Gasteiger partial charge >= 0.3 is 0 Å². The molecular formula is C21H19N5O2. The lowest BCUT2D eigenvalue weighted by Crippen LogP contribution is -2.16. The molecular weight excluding hydrogens is 354 g/mol. The van der Waals surface area contributed by atoms with Crippen LogP contribution in [0.3, 0.4) is 0 Å². The zero-order valence-corrected chi connectivity index (χ0v) is 15.5. The highest BCUT2D eigenvalue weighted by Gasteiger charge is 2.13. The van der Waals surface area contributed by atoms with Crippen molar-refractivity contribution in [3.8, 4) is 23.1 Å². The molecule has 0 aliphatic rings. The Balaban J connectivity index is 1.91. The van der Waals surface area contributed by atoms with Crippen molar-refractivity contribution in [1.82, 2.24) is 9.97 Å². The summed E-state index contributed by atoms with van der Waals surface area (Å²) in [7, 11) is 0. The van der Waals surface area contributed by atoms with Crippen molar-refractivity contribution < 1.29 is 5.11 Å². The van der Waals surface area contributed by atoms with Crippen LogP contribution < -0.4 is 11.0 Å². The molecule has 0 saturated carbocycles. The molecule has 0 fully saturated rings. The Labute approximate surface area is 162 Å². The summed E-state index contributed by atoms with van der Waals surface area (Å²) in [6, 6.07) is 16.3. The molecule has 1 heterocycles. The van der Waals surface area contributed by atoms with E-state index in [9.17, 15) is 15.2 Å². The molecule has 1 aromatic heterocycles. The van der Waals surface area contributed by atoms with Gasteiger partial charge in [-0.2, -0.15) is 10.4 Å². The molecule has 0 saturated heterocycles. The van der Waals surface area contributed by atoms with E-state index < -0.39 is 5.56 Å². The van der Waals surface area contributed by atoms with Gasteiger partial charge in [-0.05, 0) is 17.5 Å². The van der Waals surface area contributed by atoms with Gasteiger partial charge in [0.05, 0.1) is 11.9 Å². The average Bonchev–Trinajstić information content (AvgIpc) is 2.69. The summed E-state index contributed by atoms with van der Waals surface area (Å²) in [5.74, 6) is 0.430. The topological polar surface area (TPSA) is 114 Å². The quantitative estimate of drug-likeness (QED) is 0.467. The first-order valence-corrected chi connectivity index (χ1v) is 8.72. The van der Waals surface area contributed by atoms with E-state index in [1.807, 2.05) is 38.1 Å². The van der Waals surface area contributed by atoms with Crippen LogP contribution in [0.25, 0.3) is 11.3 Å². The molecule has 0 spiro atoms. The van der Waals surface area contributed by atoms with Gasteiger partial charge in [-0.3, -0.25) is 9.78 Å². The number of hydrogen-bond donors (Lipinski definition) is 3. The van der Waals surface area contributed by atoms with Gasteiger partial charge in [-0.15, -0.1) is 0 Å². The Morgan fingerprint density at radius 3 is 2.64 bits per heavy atom. The zero-order valence-electron chi connectivity index (χ0n) is 15.5. The molecule has 0 aliphatic carbocycles. The SMILES string of the molecule is CC(C)c1cccc(C=NNc2nc(-c3ccccc3)c(C#N)c(=O)[nH]2)c1O. The molecule has 28 heavy (non-hydrogen) atoms. The van der Waals surface area contributed by atoms with Crippen molar-refractivity contribution in [2.75, 3.05) is 5.43 Å². The Morgan fingerprint density at radius 1 is 1.21 bits per heavy atom. The van der Waals surface area contributed by atoms with Crippen molar-refractivity contribution in [2.45, 2.75) is 19.8 Å². The van der Waals surface area contributed by atoms with Gasteiger partial charge in [0.1, 0.15) is 17.4 Å². The number of benzene rings is 2. The summed E-state index contributed by atoms with van der Waals surface area (Å²) in [6.45, 7) is 3.98. The van der Waals surface area contributed by atoms with Gasteiger partial charge in [-0.25, -0.2) is 10.4 Å². The average molecular weight is 373 g/mol. The van der Waals surface area contributed by atoms with E-state index in [1.165, 1.54) is 6.21 Å². The summed E-state index contributed by atoms with van der Waals surface area (Å²) >= 11 is 0. The monoisotopic (exact) mass is 373 g/mol. The molecule has 0 radical (unpaired) electrons. The number of para-hydroxylation sites is 1. The van der Waals surface area contributed by atoms with Crippen molar-refractivity contribution in [3.05, 3.63) is 75.6 Å². The number of anilines is 1. The number of hydrogen-bond acceptors (Lipinski definition) is 6. The van der Waals surface area contributed by atoms with E-state index in [1.54, 1.807) is 30.3 Å². The molecule has 0 bridgehead atoms. The number of H-pyrrole nitrogens is 1. The third kappa shape index (κ3) is 3.91. The maximum atomic E-state index is 12.2. The molecule has 140 valence electrons. The van der Waals surface area contributed by atoms with E-state index in [0.29, 0.717) is 11.1 Å². The molecule has 7 nitrogen and oxygen atoms in total. The van der Waals surface area contributed by atoms with Crippen LogP contribution in [0.5, 0.6) is 5.75 Å².